The van der Waals surface area contributed by atoms with Gasteiger partial charge in [0.05, 0.1) is 10.5 Å². The van der Waals surface area contributed by atoms with E-state index in [9.17, 15) is 8.42 Å². The first-order valence-corrected chi connectivity index (χ1v) is 9.88. The zero-order valence-electron chi connectivity index (χ0n) is 14.2. The summed E-state index contributed by atoms with van der Waals surface area (Å²) >= 11 is 0. The molecule has 0 radical (unpaired) electrons. The Kier molecular flexibility index (Phi) is 5.65. The molecular weight excluding hydrogens is 352 g/mol. The number of nitriles is 1. The summed E-state index contributed by atoms with van der Waals surface area (Å²) in [5.41, 5.74) is 0.124. The molecule has 0 amide bonds. The predicted molar refractivity (Wildman–Crippen MR) is 98.3 cm³/mol. The van der Waals surface area contributed by atoms with Gasteiger partial charge in [-0.15, -0.1) is 0 Å². The molecule has 0 spiro atoms. The van der Waals surface area contributed by atoms with E-state index in [-0.39, 0.29) is 17.0 Å². The number of sulfonamides is 1. The minimum absolute atomic E-state index is 0.0131. The molecule has 0 saturated carbocycles. The molecule has 0 unspecified atom stereocenters. The SMILES string of the molecule is N#Cc1ccccc1S(=O)(=O)NCCNc1cc(N2CCCC2)ncn1. The van der Waals surface area contributed by atoms with Gasteiger partial charge >= 0.3 is 0 Å². The Bertz CT molecular complexity index is 903. The molecule has 26 heavy (non-hydrogen) atoms. The van der Waals surface area contributed by atoms with Crippen molar-refractivity contribution < 1.29 is 8.42 Å². The van der Waals surface area contributed by atoms with E-state index in [1.54, 1.807) is 12.1 Å². The van der Waals surface area contributed by atoms with Gasteiger partial charge in [0.1, 0.15) is 24.0 Å². The van der Waals surface area contributed by atoms with Crippen molar-refractivity contribution in [3.63, 3.8) is 0 Å². The monoisotopic (exact) mass is 372 g/mol. The summed E-state index contributed by atoms with van der Waals surface area (Å²) in [7, 11) is -3.73. The van der Waals surface area contributed by atoms with Gasteiger partial charge in [-0.2, -0.15) is 5.26 Å². The highest BCUT2D eigenvalue weighted by atomic mass is 32.2. The van der Waals surface area contributed by atoms with E-state index in [4.69, 9.17) is 5.26 Å². The maximum absolute atomic E-state index is 12.3. The van der Waals surface area contributed by atoms with Gasteiger partial charge in [0, 0.05) is 32.2 Å². The molecule has 8 nitrogen and oxygen atoms in total. The van der Waals surface area contributed by atoms with Crippen LogP contribution >= 0.6 is 0 Å². The predicted octanol–water partition coefficient (Wildman–Crippen LogP) is 1.34. The van der Waals surface area contributed by atoms with Gasteiger partial charge in [0.25, 0.3) is 0 Å². The van der Waals surface area contributed by atoms with Crippen LogP contribution in [0.2, 0.25) is 0 Å². The average Bonchev–Trinajstić information content (AvgIpc) is 3.20. The summed E-state index contributed by atoms with van der Waals surface area (Å²) in [5, 5.41) is 12.1. The largest absolute Gasteiger partial charge is 0.369 e. The van der Waals surface area contributed by atoms with Crippen LogP contribution in [0.5, 0.6) is 0 Å². The summed E-state index contributed by atoms with van der Waals surface area (Å²) in [6.07, 6.45) is 3.83. The molecule has 0 bridgehead atoms. The number of benzene rings is 1. The zero-order chi connectivity index (χ0) is 18.4. The second-order valence-corrected chi connectivity index (χ2v) is 7.62. The highest BCUT2D eigenvalue weighted by molar-refractivity contribution is 7.89. The van der Waals surface area contributed by atoms with Crippen LogP contribution in [-0.2, 0) is 10.0 Å². The van der Waals surface area contributed by atoms with Crippen molar-refractivity contribution in [2.45, 2.75) is 17.7 Å². The average molecular weight is 372 g/mol. The van der Waals surface area contributed by atoms with Crippen molar-refractivity contribution in [2.24, 2.45) is 0 Å². The lowest BCUT2D eigenvalue weighted by atomic mass is 10.2. The van der Waals surface area contributed by atoms with E-state index in [2.05, 4.69) is 24.9 Å². The highest BCUT2D eigenvalue weighted by Gasteiger charge is 2.17. The van der Waals surface area contributed by atoms with Crippen LogP contribution in [0.25, 0.3) is 0 Å². The number of hydrogen-bond donors (Lipinski definition) is 2. The quantitative estimate of drug-likeness (QED) is 0.706. The molecule has 1 aromatic heterocycles. The summed E-state index contributed by atoms with van der Waals surface area (Å²) in [6.45, 7) is 2.53. The van der Waals surface area contributed by atoms with Gasteiger partial charge in [0.15, 0.2) is 0 Å². The Morgan fingerprint density at radius 1 is 1.15 bits per heavy atom. The van der Waals surface area contributed by atoms with Crippen LogP contribution < -0.4 is 14.9 Å². The fourth-order valence-electron chi connectivity index (χ4n) is 2.81. The smallest absolute Gasteiger partial charge is 0.241 e. The Balaban J connectivity index is 1.55. The van der Waals surface area contributed by atoms with E-state index < -0.39 is 10.0 Å². The number of aromatic nitrogens is 2. The van der Waals surface area contributed by atoms with E-state index in [0.717, 1.165) is 18.9 Å². The number of nitrogens with zero attached hydrogens (tertiary/aromatic N) is 4. The molecule has 3 rings (SSSR count). The molecule has 0 aliphatic carbocycles. The third-order valence-electron chi connectivity index (χ3n) is 4.10. The summed E-state index contributed by atoms with van der Waals surface area (Å²) in [4.78, 5) is 10.6. The number of rotatable bonds is 7. The molecule has 136 valence electrons. The van der Waals surface area contributed by atoms with Crippen molar-refractivity contribution in [3.05, 3.63) is 42.2 Å². The van der Waals surface area contributed by atoms with Gasteiger partial charge in [-0.3, -0.25) is 0 Å². The second kappa shape index (κ2) is 8.12. The van der Waals surface area contributed by atoms with Crippen molar-refractivity contribution in [1.82, 2.24) is 14.7 Å². The lowest BCUT2D eigenvalue weighted by Crippen LogP contribution is -2.29. The molecule has 2 heterocycles. The van der Waals surface area contributed by atoms with Gasteiger partial charge in [-0.25, -0.2) is 23.1 Å². The second-order valence-electron chi connectivity index (χ2n) is 5.89. The molecule has 1 aliphatic heterocycles. The minimum Gasteiger partial charge on any atom is -0.369 e. The lowest BCUT2D eigenvalue weighted by molar-refractivity contribution is 0.582. The number of hydrogen-bond acceptors (Lipinski definition) is 7. The van der Waals surface area contributed by atoms with Crippen molar-refractivity contribution in [1.29, 1.82) is 5.26 Å². The first-order valence-electron chi connectivity index (χ1n) is 8.40. The fraction of sp³-hybridized carbons (Fsp3) is 0.353. The Morgan fingerprint density at radius 3 is 2.69 bits per heavy atom. The van der Waals surface area contributed by atoms with Gasteiger partial charge in [-0.05, 0) is 25.0 Å². The first-order chi connectivity index (χ1) is 12.6. The van der Waals surface area contributed by atoms with Crippen LogP contribution in [0.1, 0.15) is 18.4 Å². The highest BCUT2D eigenvalue weighted by Crippen LogP contribution is 2.19. The Morgan fingerprint density at radius 2 is 1.92 bits per heavy atom. The molecule has 1 fully saturated rings. The number of nitrogens with one attached hydrogen (secondary N) is 2. The maximum Gasteiger partial charge on any atom is 0.241 e. The minimum atomic E-state index is -3.73. The fourth-order valence-corrected chi connectivity index (χ4v) is 4.00. The molecule has 1 saturated heterocycles. The van der Waals surface area contributed by atoms with Crippen molar-refractivity contribution >= 4 is 21.7 Å². The Hall–Kier alpha value is -2.70. The maximum atomic E-state index is 12.3. The molecular formula is C17H20N6O2S. The lowest BCUT2D eigenvalue weighted by Gasteiger charge is -2.16. The van der Waals surface area contributed by atoms with Crippen molar-refractivity contribution in [2.75, 3.05) is 36.4 Å². The van der Waals surface area contributed by atoms with Crippen LogP contribution in [0.3, 0.4) is 0 Å². The first kappa shape index (κ1) is 18.1. The van der Waals surface area contributed by atoms with Crippen LogP contribution in [0, 0.1) is 11.3 Å². The zero-order valence-corrected chi connectivity index (χ0v) is 15.0. The topological polar surface area (TPSA) is 111 Å². The standard InChI is InChI=1S/C17H20N6O2S/c18-12-14-5-1-2-6-15(14)26(24,25)22-8-7-19-16-11-17(21-13-20-16)23-9-3-4-10-23/h1-2,5-6,11,13,22H,3-4,7-10H2,(H,19,20,21). The molecule has 0 atom stereocenters. The van der Waals surface area contributed by atoms with E-state index in [1.165, 1.54) is 31.3 Å². The third-order valence-corrected chi connectivity index (χ3v) is 5.62. The number of anilines is 2. The van der Waals surface area contributed by atoms with E-state index in [0.29, 0.717) is 12.4 Å². The van der Waals surface area contributed by atoms with Crippen LogP contribution in [0.4, 0.5) is 11.6 Å². The summed E-state index contributed by atoms with van der Waals surface area (Å²) in [6, 6.07) is 9.88. The van der Waals surface area contributed by atoms with E-state index in [1.807, 2.05) is 12.1 Å². The molecule has 1 aliphatic rings. The van der Waals surface area contributed by atoms with Gasteiger partial charge in [0.2, 0.25) is 10.0 Å². The molecule has 2 aromatic rings. The van der Waals surface area contributed by atoms with Crippen LogP contribution in [-0.4, -0.2) is 44.6 Å². The summed E-state index contributed by atoms with van der Waals surface area (Å²) in [5.74, 6) is 1.53. The van der Waals surface area contributed by atoms with E-state index >= 15 is 0 Å². The summed E-state index contributed by atoms with van der Waals surface area (Å²) < 4.78 is 27.2. The van der Waals surface area contributed by atoms with Crippen molar-refractivity contribution in [3.8, 4) is 6.07 Å². The van der Waals surface area contributed by atoms with Gasteiger partial charge in [-0.1, -0.05) is 12.1 Å². The molecule has 9 heteroatoms. The van der Waals surface area contributed by atoms with Gasteiger partial charge < -0.3 is 10.2 Å². The van der Waals surface area contributed by atoms with Crippen LogP contribution in [0.15, 0.2) is 41.6 Å². The normalized spacial score (nSPS) is 14.2. The Labute approximate surface area is 152 Å². The third kappa shape index (κ3) is 4.28. The molecule has 2 N–H and O–H groups in total. The molecule has 1 aromatic carbocycles.